The second-order valence-corrected chi connectivity index (χ2v) is 4.24. The van der Waals surface area contributed by atoms with Crippen LogP contribution >= 0.6 is 0 Å². The highest BCUT2D eigenvalue weighted by atomic mass is 16.7. The number of rotatable bonds is 4. The first-order valence-electron chi connectivity index (χ1n) is 6.01. The molecule has 7 heteroatoms. The Bertz CT molecular complexity index is 352. The fourth-order valence-electron chi connectivity index (χ4n) is 1.80. The Kier molecular flexibility index (Phi) is 5.75. The fraction of sp³-hybridized carbons (Fsp3) is 0.750. The van der Waals surface area contributed by atoms with E-state index in [0.717, 1.165) is 0 Å². The predicted octanol–water partition coefficient (Wildman–Crippen LogP) is 0.549. The van der Waals surface area contributed by atoms with Gasteiger partial charge in [-0.15, -0.1) is 0 Å². The summed E-state index contributed by atoms with van der Waals surface area (Å²) in [5.41, 5.74) is 0. The third-order valence-electron chi connectivity index (χ3n) is 2.49. The smallest absolute Gasteiger partial charge is 0.304 e. The van der Waals surface area contributed by atoms with E-state index >= 15 is 0 Å². The number of esters is 3. The van der Waals surface area contributed by atoms with Crippen molar-refractivity contribution in [1.29, 1.82) is 0 Å². The minimum absolute atomic E-state index is 0.0506. The summed E-state index contributed by atoms with van der Waals surface area (Å²) in [5.74, 6) is -1.35. The highest BCUT2D eigenvalue weighted by molar-refractivity contribution is 5.67. The second kappa shape index (κ2) is 7.08. The predicted molar refractivity (Wildman–Crippen MR) is 61.8 cm³/mol. The molecule has 7 nitrogen and oxygen atoms in total. The second-order valence-electron chi connectivity index (χ2n) is 4.24. The van der Waals surface area contributed by atoms with E-state index in [1.165, 1.54) is 20.8 Å². The zero-order valence-electron chi connectivity index (χ0n) is 11.2. The molecular weight excluding hydrogens is 256 g/mol. The lowest BCUT2D eigenvalue weighted by molar-refractivity contribution is -0.234. The maximum absolute atomic E-state index is 11.0. The maximum atomic E-state index is 11.0. The molecule has 19 heavy (non-hydrogen) atoms. The van der Waals surface area contributed by atoms with Crippen molar-refractivity contribution in [3.05, 3.63) is 0 Å². The SMILES string of the molecule is CC(=O)OC[C@H]1OC(OC(C)=O)CC[C@@H]1OC(C)=O. The first-order chi connectivity index (χ1) is 8.88. The number of hydrogen-bond acceptors (Lipinski definition) is 7. The Hall–Kier alpha value is -1.63. The molecule has 0 aliphatic carbocycles. The van der Waals surface area contributed by atoms with E-state index in [2.05, 4.69) is 0 Å². The fourth-order valence-corrected chi connectivity index (χ4v) is 1.80. The molecular formula is C12H18O7. The normalized spacial score (nSPS) is 26.4. The van der Waals surface area contributed by atoms with E-state index in [1.807, 2.05) is 0 Å². The lowest BCUT2D eigenvalue weighted by Crippen LogP contribution is -2.45. The van der Waals surface area contributed by atoms with E-state index in [1.54, 1.807) is 0 Å². The van der Waals surface area contributed by atoms with Gasteiger partial charge >= 0.3 is 17.9 Å². The molecule has 0 aromatic carbocycles. The molecule has 3 atom stereocenters. The van der Waals surface area contributed by atoms with Crippen molar-refractivity contribution in [2.24, 2.45) is 0 Å². The number of carbonyl (C=O) groups is 3. The quantitative estimate of drug-likeness (QED) is 0.546. The molecule has 0 aromatic heterocycles. The van der Waals surface area contributed by atoms with Crippen LogP contribution < -0.4 is 0 Å². The summed E-state index contributed by atoms with van der Waals surface area (Å²) >= 11 is 0. The molecule has 0 aromatic rings. The summed E-state index contributed by atoms with van der Waals surface area (Å²) in [7, 11) is 0. The molecule has 0 saturated carbocycles. The number of hydrogen-bond donors (Lipinski definition) is 0. The largest absolute Gasteiger partial charge is 0.463 e. The molecule has 0 bridgehead atoms. The first kappa shape index (κ1) is 15.4. The number of ether oxygens (including phenoxy) is 4. The van der Waals surface area contributed by atoms with Crippen LogP contribution in [-0.4, -0.2) is 43.0 Å². The molecule has 1 unspecified atom stereocenters. The molecule has 0 spiro atoms. The van der Waals surface area contributed by atoms with Crippen molar-refractivity contribution in [2.45, 2.75) is 52.1 Å². The van der Waals surface area contributed by atoms with Crippen molar-refractivity contribution in [1.82, 2.24) is 0 Å². The highest BCUT2D eigenvalue weighted by Crippen LogP contribution is 2.23. The average molecular weight is 274 g/mol. The molecule has 1 saturated heterocycles. The Morgan fingerprint density at radius 2 is 1.63 bits per heavy atom. The Morgan fingerprint density at radius 3 is 2.16 bits per heavy atom. The molecule has 1 aliphatic heterocycles. The summed E-state index contributed by atoms with van der Waals surface area (Å²) in [6, 6.07) is 0. The van der Waals surface area contributed by atoms with Gasteiger partial charge in [-0.05, 0) is 6.42 Å². The maximum Gasteiger partial charge on any atom is 0.304 e. The van der Waals surface area contributed by atoms with Gasteiger partial charge in [-0.2, -0.15) is 0 Å². The van der Waals surface area contributed by atoms with Crippen LogP contribution in [0.5, 0.6) is 0 Å². The monoisotopic (exact) mass is 274 g/mol. The van der Waals surface area contributed by atoms with Crippen LogP contribution in [-0.2, 0) is 33.3 Å². The third-order valence-corrected chi connectivity index (χ3v) is 2.49. The standard InChI is InChI=1S/C12H18O7/c1-7(13)16-6-11-10(17-8(2)14)4-5-12(19-11)18-9(3)15/h10-12H,4-6H2,1-3H3/t10-,11+,12?/m0/s1. The van der Waals surface area contributed by atoms with Crippen LogP contribution in [0.25, 0.3) is 0 Å². The van der Waals surface area contributed by atoms with E-state index in [4.69, 9.17) is 18.9 Å². The lowest BCUT2D eigenvalue weighted by Gasteiger charge is -2.34. The lowest BCUT2D eigenvalue weighted by atomic mass is 10.1. The third kappa shape index (κ3) is 5.69. The Balaban J connectivity index is 2.59. The Morgan fingerprint density at radius 1 is 1.00 bits per heavy atom. The van der Waals surface area contributed by atoms with Crippen molar-refractivity contribution in [2.75, 3.05) is 6.61 Å². The summed E-state index contributed by atoms with van der Waals surface area (Å²) in [6.07, 6.45) is -0.947. The van der Waals surface area contributed by atoms with Crippen LogP contribution in [0.2, 0.25) is 0 Å². The molecule has 0 radical (unpaired) electrons. The van der Waals surface area contributed by atoms with Gasteiger partial charge in [0.15, 0.2) is 0 Å². The zero-order chi connectivity index (χ0) is 14.4. The minimum atomic E-state index is -0.704. The summed E-state index contributed by atoms with van der Waals surface area (Å²) < 4.78 is 20.3. The van der Waals surface area contributed by atoms with Gasteiger partial charge in [0.2, 0.25) is 6.29 Å². The van der Waals surface area contributed by atoms with Crippen molar-refractivity contribution >= 4 is 17.9 Å². The first-order valence-corrected chi connectivity index (χ1v) is 6.01. The molecule has 1 heterocycles. The Labute approximate surface area is 111 Å². The van der Waals surface area contributed by atoms with Crippen molar-refractivity contribution in [3.8, 4) is 0 Å². The van der Waals surface area contributed by atoms with Crippen molar-refractivity contribution in [3.63, 3.8) is 0 Å². The summed E-state index contributed by atoms with van der Waals surface area (Å²) in [6.45, 7) is 3.79. The molecule has 108 valence electrons. The van der Waals surface area contributed by atoms with Crippen LogP contribution in [0.3, 0.4) is 0 Å². The molecule has 1 rings (SSSR count). The van der Waals surface area contributed by atoms with Gasteiger partial charge < -0.3 is 18.9 Å². The van der Waals surface area contributed by atoms with Crippen LogP contribution in [0.4, 0.5) is 0 Å². The van der Waals surface area contributed by atoms with Crippen LogP contribution in [0.1, 0.15) is 33.6 Å². The van der Waals surface area contributed by atoms with Crippen LogP contribution in [0.15, 0.2) is 0 Å². The van der Waals surface area contributed by atoms with Crippen molar-refractivity contribution < 1.29 is 33.3 Å². The van der Waals surface area contributed by atoms with Gasteiger partial charge in [0.25, 0.3) is 0 Å². The highest BCUT2D eigenvalue weighted by Gasteiger charge is 2.35. The zero-order valence-corrected chi connectivity index (χ0v) is 11.2. The van der Waals surface area contributed by atoms with E-state index in [9.17, 15) is 14.4 Å². The van der Waals surface area contributed by atoms with Gasteiger partial charge in [0, 0.05) is 27.2 Å². The van der Waals surface area contributed by atoms with Gasteiger partial charge in [-0.25, -0.2) is 0 Å². The molecule has 1 aliphatic rings. The van der Waals surface area contributed by atoms with Gasteiger partial charge in [0.1, 0.15) is 18.8 Å². The minimum Gasteiger partial charge on any atom is -0.463 e. The number of carbonyl (C=O) groups excluding carboxylic acids is 3. The molecule has 0 N–H and O–H groups in total. The van der Waals surface area contributed by atoms with Gasteiger partial charge in [-0.3, -0.25) is 14.4 Å². The topological polar surface area (TPSA) is 88.1 Å². The molecule has 0 amide bonds. The summed E-state index contributed by atoms with van der Waals surface area (Å²) in [4.78, 5) is 32.7. The van der Waals surface area contributed by atoms with E-state index < -0.39 is 36.4 Å². The van der Waals surface area contributed by atoms with Gasteiger partial charge in [0.05, 0.1) is 0 Å². The van der Waals surface area contributed by atoms with Gasteiger partial charge in [-0.1, -0.05) is 0 Å². The summed E-state index contributed by atoms with van der Waals surface area (Å²) in [5, 5.41) is 0. The molecule has 1 fully saturated rings. The average Bonchev–Trinajstić information content (AvgIpc) is 2.27. The van der Waals surface area contributed by atoms with E-state index in [0.29, 0.717) is 12.8 Å². The van der Waals surface area contributed by atoms with E-state index in [-0.39, 0.29) is 6.61 Å². The van der Waals surface area contributed by atoms with Crippen LogP contribution in [0, 0.1) is 0 Å².